The van der Waals surface area contributed by atoms with Gasteiger partial charge in [-0.15, -0.1) is 24.0 Å². The highest BCUT2D eigenvalue weighted by molar-refractivity contribution is 14.0. The summed E-state index contributed by atoms with van der Waals surface area (Å²) in [5, 5.41) is 12.8. The molecule has 0 radical (unpaired) electrons. The van der Waals surface area contributed by atoms with Gasteiger partial charge in [0.25, 0.3) is 0 Å². The number of hydrogen-bond donors (Lipinski definition) is 2. The molecule has 0 aliphatic carbocycles. The van der Waals surface area contributed by atoms with Crippen molar-refractivity contribution in [2.45, 2.75) is 38.2 Å². The third kappa shape index (κ3) is 5.30. The molecule has 2 N–H and O–H groups in total. The maximum atomic E-state index is 12.1. The lowest BCUT2D eigenvalue weighted by Gasteiger charge is -2.39. The number of aliphatic imine (C=N–C) groups is 1. The van der Waals surface area contributed by atoms with E-state index in [4.69, 9.17) is 0 Å². The van der Waals surface area contributed by atoms with Crippen LogP contribution in [0.2, 0.25) is 0 Å². The second kappa shape index (κ2) is 8.68. The van der Waals surface area contributed by atoms with Crippen LogP contribution < -0.4 is 5.32 Å². The molecule has 0 aromatic heterocycles. The smallest absolute Gasteiger partial charge is 0.193 e. The molecule has 2 rings (SSSR count). The van der Waals surface area contributed by atoms with E-state index in [-0.39, 0.29) is 29.7 Å². The van der Waals surface area contributed by atoms with Gasteiger partial charge < -0.3 is 15.3 Å². The van der Waals surface area contributed by atoms with E-state index in [1.165, 1.54) is 0 Å². The zero-order chi connectivity index (χ0) is 18.0. The Morgan fingerprint density at radius 3 is 2.44 bits per heavy atom. The van der Waals surface area contributed by atoms with Crippen LogP contribution in [-0.2, 0) is 16.4 Å². The Bertz CT molecular complexity index is 700. The monoisotopic (exact) mass is 481 g/mol. The average molecular weight is 481 g/mol. The summed E-state index contributed by atoms with van der Waals surface area (Å²) in [6.07, 6.45) is -0.475. The Labute approximate surface area is 167 Å². The Morgan fingerprint density at radius 2 is 1.96 bits per heavy atom. The number of aliphatic hydroxyl groups is 1. The van der Waals surface area contributed by atoms with Crippen LogP contribution in [0.5, 0.6) is 0 Å². The molecule has 0 spiro atoms. The third-order valence-corrected chi connectivity index (χ3v) is 7.00. The molecule has 25 heavy (non-hydrogen) atoms. The summed E-state index contributed by atoms with van der Waals surface area (Å²) in [7, 11) is -1.36. The molecule has 1 fully saturated rings. The van der Waals surface area contributed by atoms with Crippen molar-refractivity contribution in [3.8, 4) is 0 Å². The standard InChI is InChI=1S/C17H27N3O3S.HI/c1-13(21)15-7-5-14(6-8-15)11-19-16(18-4)20-9-10-24(22,23)17(2,3)12-20;/h5-8,13,21H,9-12H2,1-4H3,(H,18,19);1H. The minimum absolute atomic E-state index is 0. The first kappa shape index (κ1) is 22.2. The van der Waals surface area contributed by atoms with Crippen molar-refractivity contribution >= 4 is 39.8 Å². The fourth-order valence-electron chi connectivity index (χ4n) is 2.75. The lowest BCUT2D eigenvalue weighted by molar-refractivity contribution is 0.199. The minimum Gasteiger partial charge on any atom is -0.389 e. The summed E-state index contributed by atoms with van der Waals surface area (Å²) in [4.78, 5) is 6.27. The van der Waals surface area contributed by atoms with E-state index in [9.17, 15) is 13.5 Å². The van der Waals surface area contributed by atoms with Crippen molar-refractivity contribution in [2.75, 3.05) is 25.9 Å². The van der Waals surface area contributed by atoms with Crippen LogP contribution in [0.1, 0.15) is 38.0 Å². The average Bonchev–Trinajstić information content (AvgIpc) is 2.51. The first-order valence-electron chi connectivity index (χ1n) is 8.11. The van der Waals surface area contributed by atoms with Crippen molar-refractivity contribution in [3.05, 3.63) is 35.4 Å². The van der Waals surface area contributed by atoms with Gasteiger partial charge in [-0.2, -0.15) is 0 Å². The van der Waals surface area contributed by atoms with Crippen LogP contribution in [0, 0.1) is 0 Å². The van der Waals surface area contributed by atoms with E-state index in [1.54, 1.807) is 27.8 Å². The topological polar surface area (TPSA) is 82.0 Å². The van der Waals surface area contributed by atoms with Crippen LogP contribution in [0.4, 0.5) is 0 Å². The summed E-state index contributed by atoms with van der Waals surface area (Å²) in [5.74, 6) is 0.849. The van der Waals surface area contributed by atoms with Gasteiger partial charge in [-0.25, -0.2) is 8.42 Å². The number of nitrogens with zero attached hydrogens (tertiary/aromatic N) is 2. The maximum Gasteiger partial charge on any atom is 0.193 e. The molecule has 1 aliphatic heterocycles. The van der Waals surface area contributed by atoms with E-state index < -0.39 is 20.7 Å². The summed E-state index contributed by atoms with van der Waals surface area (Å²) >= 11 is 0. The van der Waals surface area contributed by atoms with Crippen LogP contribution in [0.3, 0.4) is 0 Å². The summed E-state index contributed by atoms with van der Waals surface area (Å²) < 4.78 is 23.5. The van der Waals surface area contributed by atoms with Gasteiger partial charge in [-0.05, 0) is 31.9 Å². The molecule has 0 saturated carbocycles. The van der Waals surface area contributed by atoms with Crippen molar-refractivity contribution in [1.29, 1.82) is 0 Å². The summed E-state index contributed by atoms with van der Waals surface area (Å²) in [6, 6.07) is 7.74. The lowest BCUT2D eigenvalue weighted by Crippen LogP contribution is -2.57. The number of benzene rings is 1. The van der Waals surface area contributed by atoms with Gasteiger partial charge in [-0.1, -0.05) is 24.3 Å². The Balaban J connectivity index is 0.00000312. The quantitative estimate of drug-likeness (QED) is 0.392. The number of halogens is 1. The minimum atomic E-state index is -3.06. The third-order valence-electron chi connectivity index (χ3n) is 4.47. The number of guanidine groups is 1. The lowest BCUT2D eigenvalue weighted by atomic mass is 10.1. The molecule has 1 heterocycles. The first-order chi connectivity index (χ1) is 11.2. The number of rotatable bonds is 3. The SMILES string of the molecule is CN=C(NCc1ccc(C(C)O)cc1)N1CCS(=O)(=O)C(C)(C)C1.I. The first-order valence-corrected chi connectivity index (χ1v) is 9.76. The molecule has 6 nitrogen and oxygen atoms in total. The molecular weight excluding hydrogens is 453 g/mol. The fourth-order valence-corrected chi connectivity index (χ4v) is 4.12. The predicted molar refractivity (Wildman–Crippen MR) is 112 cm³/mol. The molecule has 1 saturated heterocycles. The number of nitrogens with one attached hydrogen (secondary N) is 1. The van der Waals surface area contributed by atoms with Crippen molar-refractivity contribution in [3.63, 3.8) is 0 Å². The van der Waals surface area contributed by atoms with Gasteiger partial charge in [0, 0.05) is 26.7 Å². The van der Waals surface area contributed by atoms with Crippen LogP contribution in [-0.4, -0.2) is 55.0 Å². The highest BCUT2D eigenvalue weighted by Crippen LogP contribution is 2.23. The Morgan fingerprint density at radius 1 is 1.36 bits per heavy atom. The predicted octanol–water partition coefficient (Wildman–Crippen LogP) is 1.94. The zero-order valence-corrected chi connectivity index (χ0v) is 18.3. The fraction of sp³-hybridized carbons (Fsp3) is 0.588. The highest BCUT2D eigenvalue weighted by atomic mass is 127. The van der Waals surface area contributed by atoms with Gasteiger partial charge in [0.05, 0.1) is 16.6 Å². The Kier molecular flexibility index (Phi) is 7.70. The number of hydrogen-bond acceptors (Lipinski definition) is 4. The second-order valence-corrected chi connectivity index (χ2v) is 9.56. The van der Waals surface area contributed by atoms with E-state index >= 15 is 0 Å². The molecular formula is C17H28IN3O3S. The van der Waals surface area contributed by atoms with Crippen molar-refractivity contribution in [2.24, 2.45) is 4.99 Å². The molecule has 0 bridgehead atoms. The van der Waals surface area contributed by atoms with Gasteiger partial charge >= 0.3 is 0 Å². The summed E-state index contributed by atoms with van der Waals surface area (Å²) in [5.41, 5.74) is 1.95. The second-order valence-electron chi connectivity index (χ2n) is 6.82. The van der Waals surface area contributed by atoms with E-state index in [1.807, 2.05) is 29.2 Å². The van der Waals surface area contributed by atoms with E-state index in [0.717, 1.165) is 11.1 Å². The van der Waals surface area contributed by atoms with E-state index in [0.29, 0.717) is 25.6 Å². The summed E-state index contributed by atoms with van der Waals surface area (Å²) in [6.45, 7) is 6.73. The molecule has 1 aliphatic rings. The normalized spacial score (nSPS) is 20.5. The van der Waals surface area contributed by atoms with Gasteiger partial charge in [0.2, 0.25) is 0 Å². The molecule has 1 aromatic rings. The highest BCUT2D eigenvalue weighted by Gasteiger charge is 2.40. The van der Waals surface area contributed by atoms with Crippen LogP contribution in [0.15, 0.2) is 29.3 Å². The molecule has 1 unspecified atom stereocenters. The van der Waals surface area contributed by atoms with Gasteiger partial charge in [-0.3, -0.25) is 4.99 Å². The largest absolute Gasteiger partial charge is 0.389 e. The van der Waals surface area contributed by atoms with Gasteiger partial charge in [0.15, 0.2) is 15.8 Å². The zero-order valence-electron chi connectivity index (χ0n) is 15.2. The maximum absolute atomic E-state index is 12.1. The van der Waals surface area contributed by atoms with E-state index in [2.05, 4.69) is 10.3 Å². The molecule has 1 atom stereocenters. The van der Waals surface area contributed by atoms with Crippen LogP contribution >= 0.6 is 24.0 Å². The molecule has 1 aromatic carbocycles. The number of aliphatic hydroxyl groups excluding tert-OH is 1. The van der Waals surface area contributed by atoms with Gasteiger partial charge in [0.1, 0.15) is 0 Å². The van der Waals surface area contributed by atoms with Crippen molar-refractivity contribution in [1.82, 2.24) is 10.2 Å². The number of sulfone groups is 1. The molecule has 0 amide bonds. The van der Waals surface area contributed by atoms with Crippen LogP contribution in [0.25, 0.3) is 0 Å². The Hall–Kier alpha value is -0.870. The molecule has 142 valence electrons. The van der Waals surface area contributed by atoms with Crippen molar-refractivity contribution < 1.29 is 13.5 Å². The molecule has 8 heteroatoms.